The molecule has 0 radical (unpaired) electrons. The number of fused-ring (bicyclic) bond motifs is 3. The molecule has 0 unspecified atom stereocenters. The highest BCUT2D eigenvalue weighted by atomic mass is 32.2. The van der Waals surface area contributed by atoms with Gasteiger partial charge in [0.05, 0.1) is 23.1 Å². The molecule has 4 heterocycles. The minimum absolute atomic E-state index is 0.0465. The molecule has 7 nitrogen and oxygen atoms in total. The number of rotatable bonds is 2. The maximum atomic E-state index is 12.9. The van der Waals surface area contributed by atoms with Crippen LogP contribution in [0, 0.1) is 13.8 Å². The van der Waals surface area contributed by atoms with Gasteiger partial charge in [0.15, 0.2) is 5.03 Å². The van der Waals surface area contributed by atoms with Crippen LogP contribution in [0.2, 0.25) is 0 Å². The molecule has 1 N–H and O–H groups in total. The van der Waals surface area contributed by atoms with Gasteiger partial charge in [0, 0.05) is 25.0 Å². The van der Waals surface area contributed by atoms with Crippen molar-refractivity contribution in [3.05, 3.63) is 47.4 Å². The van der Waals surface area contributed by atoms with Gasteiger partial charge in [-0.2, -0.15) is 4.31 Å². The standard InChI is InChI=1S/C17H18N4O3S/c1-11-5-6-18-15(9-11)25(23,24)20-7-8-21-14(10-20)16-13(17(21)22)4-3-12(2)19-16/h3-6,9,22H,7-8,10H2,1-2H3. The maximum Gasteiger partial charge on any atom is 0.260 e. The van der Waals surface area contributed by atoms with Crippen molar-refractivity contribution < 1.29 is 13.5 Å². The summed E-state index contributed by atoms with van der Waals surface area (Å²) >= 11 is 0. The molecule has 0 aromatic carbocycles. The van der Waals surface area contributed by atoms with Crippen molar-refractivity contribution in [1.82, 2.24) is 18.8 Å². The van der Waals surface area contributed by atoms with Crippen LogP contribution in [0.1, 0.15) is 17.0 Å². The van der Waals surface area contributed by atoms with Crippen LogP contribution < -0.4 is 0 Å². The van der Waals surface area contributed by atoms with Crippen LogP contribution >= 0.6 is 0 Å². The average molecular weight is 358 g/mol. The van der Waals surface area contributed by atoms with E-state index in [1.807, 2.05) is 26.0 Å². The molecule has 1 aliphatic rings. The van der Waals surface area contributed by atoms with Crippen molar-refractivity contribution in [2.75, 3.05) is 6.54 Å². The zero-order valence-electron chi connectivity index (χ0n) is 14.0. The Labute approximate surface area is 145 Å². The lowest BCUT2D eigenvalue weighted by Gasteiger charge is -2.27. The number of aromatic nitrogens is 3. The SMILES string of the molecule is Cc1ccnc(S(=O)(=O)N2CCn3c(O)c4ccc(C)nc4c3C2)c1. The molecule has 0 bridgehead atoms. The van der Waals surface area contributed by atoms with Gasteiger partial charge >= 0.3 is 0 Å². The molecule has 1 aliphatic heterocycles. The van der Waals surface area contributed by atoms with Crippen LogP contribution in [-0.4, -0.2) is 38.9 Å². The third-order valence-electron chi connectivity index (χ3n) is 4.52. The third kappa shape index (κ3) is 2.49. The Bertz CT molecular complexity index is 1090. The van der Waals surface area contributed by atoms with E-state index in [9.17, 15) is 13.5 Å². The highest BCUT2D eigenvalue weighted by molar-refractivity contribution is 7.89. The van der Waals surface area contributed by atoms with Crippen molar-refractivity contribution >= 4 is 20.9 Å². The van der Waals surface area contributed by atoms with E-state index in [0.29, 0.717) is 23.1 Å². The van der Waals surface area contributed by atoms with E-state index < -0.39 is 10.0 Å². The molecule has 0 fully saturated rings. The summed E-state index contributed by atoms with van der Waals surface area (Å²) in [6, 6.07) is 6.98. The number of sulfonamides is 1. The molecule has 0 saturated heterocycles. The lowest BCUT2D eigenvalue weighted by atomic mass is 10.2. The van der Waals surface area contributed by atoms with Gasteiger partial charge in [-0.25, -0.2) is 13.4 Å². The molecule has 3 aromatic rings. The lowest BCUT2D eigenvalue weighted by Crippen LogP contribution is -2.38. The number of aromatic hydroxyl groups is 1. The summed E-state index contributed by atoms with van der Waals surface area (Å²) < 4.78 is 29.0. The summed E-state index contributed by atoms with van der Waals surface area (Å²) in [6.45, 7) is 4.51. The molecule has 0 saturated carbocycles. The zero-order valence-corrected chi connectivity index (χ0v) is 14.8. The van der Waals surface area contributed by atoms with Crippen molar-refractivity contribution in [3.8, 4) is 5.88 Å². The predicted octanol–water partition coefficient (Wildman–Crippen LogP) is 1.96. The number of hydrogen-bond donors (Lipinski definition) is 1. The normalized spacial score (nSPS) is 15.4. The maximum absolute atomic E-state index is 12.9. The van der Waals surface area contributed by atoms with Gasteiger partial charge in [-0.05, 0) is 43.7 Å². The number of aryl methyl sites for hydroxylation is 2. The molecule has 4 rings (SSSR count). The lowest BCUT2D eigenvalue weighted by molar-refractivity contribution is 0.317. The van der Waals surface area contributed by atoms with Crippen LogP contribution in [0.15, 0.2) is 35.5 Å². The Morgan fingerprint density at radius 2 is 1.96 bits per heavy atom. The minimum Gasteiger partial charge on any atom is -0.494 e. The largest absolute Gasteiger partial charge is 0.494 e. The summed E-state index contributed by atoms with van der Waals surface area (Å²) in [5.41, 5.74) is 3.02. The van der Waals surface area contributed by atoms with Crippen molar-refractivity contribution in [1.29, 1.82) is 0 Å². The number of pyridine rings is 2. The third-order valence-corrected chi connectivity index (χ3v) is 6.27. The molecule has 0 spiro atoms. The van der Waals surface area contributed by atoms with Crippen LogP contribution in [0.5, 0.6) is 5.88 Å². The van der Waals surface area contributed by atoms with Crippen LogP contribution in [0.3, 0.4) is 0 Å². The Morgan fingerprint density at radius 1 is 1.16 bits per heavy atom. The van der Waals surface area contributed by atoms with E-state index in [1.54, 1.807) is 16.7 Å². The van der Waals surface area contributed by atoms with E-state index in [1.165, 1.54) is 10.5 Å². The predicted molar refractivity (Wildman–Crippen MR) is 92.7 cm³/mol. The molecule has 130 valence electrons. The van der Waals surface area contributed by atoms with E-state index in [2.05, 4.69) is 9.97 Å². The van der Waals surface area contributed by atoms with Crippen molar-refractivity contribution in [2.24, 2.45) is 0 Å². The van der Waals surface area contributed by atoms with E-state index >= 15 is 0 Å². The smallest absolute Gasteiger partial charge is 0.260 e. The average Bonchev–Trinajstić information content (AvgIpc) is 2.87. The molecule has 3 aromatic heterocycles. The van der Waals surface area contributed by atoms with Crippen molar-refractivity contribution in [2.45, 2.75) is 32.0 Å². The first kappa shape index (κ1) is 16.0. The molecular weight excluding hydrogens is 340 g/mol. The number of nitrogens with zero attached hydrogens (tertiary/aromatic N) is 4. The highest BCUT2D eigenvalue weighted by Gasteiger charge is 2.32. The summed E-state index contributed by atoms with van der Waals surface area (Å²) in [5, 5.41) is 11.1. The Hall–Kier alpha value is -2.45. The van der Waals surface area contributed by atoms with Gasteiger partial charge < -0.3 is 9.67 Å². The topological polar surface area (TPSA) is 88.3 Å². The molecule has 0 aliphatic carbocycles. The van der Waals surface area contributed by atoms with Gasteiger partial charge in [-0.15, -0.1) is 0 Å². The highest BCUT2D eigenvalue weighted by Crippen LogP contribution is 2.34. The fourth-order valence-corrected chi connectivity index (χ4v) is 4.61. The fourth-order valence-electron chi connectivity index (χ4n) is 3.20. The van der Waals surface area contributed by atoms with Gasteiger partial charge in [-0.3, -0.25) is 4.98 Å². The quantitative estimate of drug-likeness (QED) is 0.756. The second-order valence-electron chi connectivity index (χ2n) is 6.28. The summed E-state index contributed by atoms with van der Waals surface area (Å²) in [7, 11) is -3.70. The van der Waals surface area contributed by atoms with Gasteiger partial charge in [-0.1, -0.05) is 0 Å². The van der Waals surface area contributed by atoms with Gasteiger partial charge in [0.2, 0.25) is 5.88 Å². The van der Waals surface area contributed by atoms with E-state index in [4.69, 9.17) is 0 Å². The van der Waals surface area contributed by atoms with Gasteiger partial charge in [0.25, 0.3) is 10.0 Å². The van der Waals surface area contributed by atoms with Crippen LogP contribution in [0.4, 0.5) is 0 Å². The Morgan fingerprint density at radius 3 is 2.72 bits per heavy atom. The number of hydrogen-bond acceptors (Lipinski definition) is 5. The molecule has 25 heavy (non-hydrogen) atoms. The molecule has 0 atom stereocenters. The first-order chi connectivity index (χ1) is 11.9. The summed E-state index contributed by atoms with van der Waals surface area (Å²) in [5.74, 6) is 0.142. The summed E-state index contributed by atoms with van der Waals surface area (Å²) in [6.07, 6.45) is 1.50. The Balaban J connectivity index is 1.79. The molecular formula is C17H18N4O3S. The van der Waals surface area contributed by atoms with Crippen LogP contribution in [0.25, 0.3) is 10.9 Å². The first-order valence-electron chi connectivity index (χ1n) is 7.98. The van der Waals surface area contributed by atoms with Crippen molar-refractivity contribution in [3.63, 3.8) is 0 Å². The minimum atomic E-state index is -3.70. The second-order valence-corrected chi connectivity index (χ2v) is 8.17. The monoisotopic (exact) mass is 358 g/mol. The second kappa shape index (κ2) is 5.53. The summed E-state index contributed by atoms with van der Waals surface area (Å²) in [4.78, 5) is 8.52. The van der Waals surface area contributed by atoms with Gasteiger partial charge in [0.1, 0.15) is 0 Å². The van der Waals surface area contributed by atoms with Crippen LogP contribution in [-0.2, 0) is 23.1 Å². The van der Waals surface area contributed by atoms with E-state index in [-0.39, 0.29) is 24.0 Å². The molecule has 0 amide bonds. The Kier molecular flexibility index (Phi) is 3.55. The zero-order chi connectivity index (χ0) is 17.8. The fraction of sp³-hybridized carbons (Fsp3) is 0.294. The molecule has 8 heteroatoms. The first-order valence-corrected chi connectivity index (χ1v) is 9.42. The van der Waals surface area contributed by atoms with E-state index in [0.717, 1.165) is 11.3 Å².